The van der Waals surface area contributed by atoms with E-state index in [0.29, 0.717) is 11.3 Å². The van der Waals surface area contributed by atoms with Crippen molar-refractivity contribution in [3.05, 3.63) is 69.8 Å². The van der Waals surface area contributed by atoms with Gasteiger partial charge in [-0.2, -0.15) is 0 Å². The van der Waals surface area contributed by atoms with Gasteiger partial charge in [-0.1, -0.05) is 6.07 Å². The van der Waals surface area contributed by atoms with E-state index >= 15 is 0 Å². The van der Waals surface area contributed by atoms with Crippen LogP contribution in [0.5, 0.6) is 5.75 Å². The Balaban J connectivity index is 2.05. The highest BCUT2D eigenvalue weighted by Gasteiger charge is 2.05. The molecule has 0 saturated heterocycles. The van der Waals surface area contributed by atoms with Gasteiger partial charge in [0.25, 0.3) is 5.69 Å². The molecule has 2 N–H and O–H groups in total. The van der Waals surface area contributed by atoms with Crippen LogP contribution >= 0.6 is 0 Å². The van der Waals surface area contributed by atoms with Gasteiger partial charge in [-0.05, 0) is 48.4 Å². The fraction of sp³-hybridized carbons (Fsp3) is 0.0625. The maximum absolute atomic E-state index is 11.8. The van der Waals surface area contributed by atoms with Crippen molar-refractivity contribution in [2.45, 2.75) is 6.92 Å². The first-order chi connectivity index (χ1) is 10.5. The number of phenolic OH excluding ortho intramolecular Hbond substituents is 1. The molecule has 0 saturated carbocycles. The molecular formula is C16H14N2O4. The fourth-order valence-corrected chi connectivity index (χ4v) is 1.80. The van der Waals surface area contributed by atoms with Crippen molar-refractivity contribution in [1.82, 2.24) is 0 Å². The lowest BCUT2D eigenvalue weighted by Crippen LogP contribution is -2.08. The number of nitro groups is 1. The van der Waals surface area contributed by atoms with Crippen LogP contribution in [-0.2, 0) is 4.79 Å². The molecule has 2 aromatic carbocycles. The highest BCUT2D eigenvalue weighted by atomic mass is 16.6. The number of phenols is 1. The van der Waals surface area contributed by atoms with Crippen LogP contribution in [-0.4, -0.2) is 15.9 Å². The number of nitro benzene ring substituents is 1. The predicted octanol–water partition coefficient (Wildman–Crippen LogP) is 3.26. The summed E-state index contributed by atoms with van der Waals surface area (Å²) >= 11 is 0. The Labute approximate surface area is 126 Å². The van der Waals surface area contributed by atoms with Gasteiger partial charge in [0.2, 0.25) is 5.91 Å². The monoisotopic (exact) mass is 298 g/mol. The zero-order valence-corrected chi connectivity index (χ0v) is 11.8. The quantitative estimate of drug-likeness (QED) is 0.392. The first kappa shape index (κ1) is 15.2. The summed E-state index contributed by atoms with van der Waals surface area (Å²) in [5.41, 5.74) is 1.89. The summed E-state index contributed by atoms with van der Waals surface area (Å²) in [5, 5.41) is 22.8. The Kier molecular flexibility index (Phi) is 4.53. The van der Waals surface area contributed by atoms with E-state index in [9.17, 15) is 20.0 Å². The molecule has 2 rings (SSSR count). The number of aryl methyl sites for hydroxylation is 1. The summed E-state index contributed by atoms with van der Waals surface area (Å²) in [5.74, 6) is -0.415. The number of aromatic hydroxyl groups is 1. The van der Waals surface area contributed by atoms with Gasteiger partial charge in [-0.25, -0.2) is 0 Å². The summed E-state index contributed by atoms with van der Waals surface area (Å²) in [6.07, 6.45) is 2.83. The molecule has 0 fully saturated rings. The lowest BCUT2D eigenvalue weighted by atomic mass is 10.2. The molecule has 6 heteroatoms. The number of hydrogen-bond acceptors (Lipinski definition) is 4. The topological polar surface area (TPSA) is 92.5 Å². The molecule has 112 valence electrons. The van der Waals surface area contributed by atoms with Crippen LogP contribution in [0, 0.1) is 17.0 Å². The van der Waals surface area contributed by atoms with Gasteiger partial charge in [0.1, 0.15) is 5.75 Å². The number of nitrogens with one attached hydrogen (secondary N) is 1. The second-order valence-electron chi connectivity index (χ2n) is 4.69. The third-order valence-corrected chi connectivity index (χ3v) is 2.94. The third-order valence-electron chi connectivity index (χ3n) is 2.94. The highest BCUT2D eigenvalue weighted by molar-refractivity contribution is 6.02. The van der Waals surface area contributed by atoms with Crippen molar-refractivity contribution in [2.75, 3.05) is 5.32 Å². The van der Waals surface area contributed by atoms with Crippen LogP contribution in [0.15, 0.2) is 48.5 Å². The predicted molar refractivity (Wildman–Crippen MR) is 83.6 cm³/mol. The molecule has 0 aromatic heterocycles. The number of benzene rings is 2. The molecule has 0 atom stereocenters. The number of hydrogen-bond donors (Lipinski definition) is 2. The molecule has 6 nitrogen and oxygen atoms in total. The lowest BCUT2D eigenvalue weighted by molar-refractivity contribution is -0.384. The number of carbonyl (C=O) groups is 1. The van der Waals surface area contributed by atoms with Gasteiger partial charge in [0.05, 0.1) is 10.6 Å². The van der Waals surface area contributed by atoms with Gasteiger partial charge in [0.15, 0.2) is 0 Å². The summed E-state index contributed by atoms with van der Waals surface area (Å²) < 4.78 is 0. The Hall–Kier alpha value is -3.15. The number of non-ortho nitro benzene ring substituents is 1. The number of amides is 1. The molecule has 0 aliphatic carbocycles. The Morgan fingerprint density at radius 3 is 2.55 bits per heavy atom. The summed E-state index contributed by atoms with van der Waals surface area (Å²) in [4.78, 5) is 21.9. The van der Waals surface area contributed by atoms with Crippen molar-refractivity contribution in [3.8, 4) is 5.75 Å². The minimum absolute atomic E-state index is 0.00807. The molecule has 22 heavy (non-hydrogen) atoms. The third kappa shape index (κ3) is 3.92. The van der Waals surface area contributed by atoms with Gasteiger partial charge >= 0.3 is 0 Å². The Morgan fingerprint density at radius 1 is 1.23 bits per heavy atom. The molecule has 0 aliphatic heterocycles. The average molecular weight is 298 g/mol. The molecule has 1 amide bonds. The fourth-order valence-electron chi connectivity index (χ4n) is 1.80. The van der Waals surface area contributed by atoms with E-state index in [-0.39, 0.29) is 11.4 Å². The van der Waals surface area contributed by atoms with Crippen LogP contribution in [0.3, 0.4) is 0 Å². The normalized spacial score (nSPS) is 10.6. The summed E-state index contributed by atoms with van der Waals surface area (Å²) in [7, 11) is 0. The van der Waals surface area contributed by atoms with Crippen LogP contribution in [0.1, 0.15) is 11.1 Å². The van der Waals surface area contributed by atoms with E-state index < -0.39 is 10.8 Å². The molecular weight excluding hydrogens is 284 g/mol. The minimum Gasteiger partial charge on any atom is -0.506 e. The van der Waals surface area contributed by atoms with E-state index in [2.05, 4.69) is 5.32 Å². The van der Waals surface area contributed by atoms with Crippen LogP contribution in [0.4, 0.5) is 11.4 Å². The van der Waals surface area contributed by atoms with Gasteiger partial charge in [-0.3, -0.25) is 14.9 Å². The molecule has 0 radical (unpaired) electrons. The smallest absolute Gasteiger partial charge is 0.269 e. The van der Waals surface area contributed by atoms with Crippen molar-refractivity contribution >= 4 is 23.4 Å². The van der Waals surface area contributed by atoms with Crippen molar-refractivity contribution in [1.29, 1.82) is 0 Å². The van der Waals surface area contributed by atoms with Gasteiger partial charge < -0.3 is 10.4 Å². The first-order valence-electron chi connectivity index (χ1n) is 6.49. The minimum atomic E-state index is -0.485. The van der Waals surface area contributed by atoms with Gasteiger partial charge in [0, 0.05) is 18.2 Å². The number of anilines is 1. The zero-order chi connectivity index (χ0) is 16.1. The molecule has 0 spiro atoms. The Morgan fingerprint density at radius 2 is 1.91 bits per heavy atom. The maximum atomic E-state index is 11.8. The molecule has 0 aliphatic rings. The lowest BCUT2D eigenvalue weighted by Gasteiger charge is -2.05. The first-order valence-corrected chi connectivity index (χ1v) is 6.49. The maximum Gasteiger partial charge on any atom is 0.269 e. The second-order valence-corrected chi connectivity index (χ2v) is 4.69. The van der Waals surface area contributed by atoms with Crippen LogP contribution in [0.2, 0.25) is 0 Å². The zero-order valence-electron chi connectivity index (χ0n) is 11.8. The van der Waals surface area contributed by atoms with E-state index in [1.165, 1.54) is 30.4 Å². The Bertz CT molecular complexity index is 736. The molecule has 0 heterocycles. The van der Waals surface area contributed by atoms with E-state index in [1.54, 1.807) is 24.3 Å². The SMILES string of the molecule is Cc1ccc(O)c(NC(=O)/C=C/c2ccc([N+](=O)[O-])cc2)c1. The summed E-state index contributed by atoms with van der Waals surface area (Å²) in [6, 6.07) is 10.7. The number of rotatable bonds is 4. The molecule has 2 aromatic rings. The molecule has 0 bridgehead atoms. The van der Waals surface area contributed by atoms with Crippen molar-refractivity contribution in [3.63, 3.8) is 0 Å². The molecule has 0 unspecified atom stereocenters. The average Bonchev–Trinajstić information content (AvgIpc) is 2.49. The summed E-state index contributed by atoms with van der Waals surface area (Å²) in [6.45, 7) is 1.85. The van der Waals surface area contributed by atoms with Crippen molar-refractivity contribution < 1.29 is 14.8 Å². The van der Waals surface area contributed by atoms with E-state index in [1.807, 2.05) is 6.92 Å². The largest absolute Gasteiger partial charge is 0.506 e. The number of carbonyl (C=O) groups excluding carboxylic acids is 1. The standard InChI is InChI=1S/C16H14N2O4/c1-11-2-8-15(19)14(10-11)17-16(20)9-5-12-3-6-13(7-4-12)18(21)22/h2-10,19H,1H3,(H,17,20)/b9-5+. The van der Waals surface area contributed by atoms with Crippen LogP contribution < -0.4 is 5.32 Å². The highest BCUT2D eigenvalue weighted by Crippen LogP contribution is 2.23. The number of nitrogens with zero attached hydrogens (tertiary/aromatic N) is 1. The van der Waals surface area contributed by atoms with Crippen molar-refractivity contribution in [2.24, 2.45) is 0 Å². The van der Waals surface area contributed by atoms with Crippen LogP contribution in [0.25, 0.3) is 6.08 Å². The van der Waals surface area contributed by atoms with Gasteiger partial charge in [-0.15, -0.1) is 0 Å². The van der Waals surface area contributed by atoms with E-state index in [0.717, 1.165) is 5.56 Å². The van der Waals surface area contributed by atoms with E-state index in [4.69, 9.17) is 0 Å². The second kappa shape index (κ2) is 6.53.